The molecule has 0 spiro atoms. The third-order valence-electron chi connectivity index (χ3n) is 3.67. The van der Waals surface area contributed by atoms with Gasteiger partial charge in [-0.2, -0.15) is 0 Å². The normalized spacial score (nSPS) is 11.7. The molecule has 1 aromatic rings. The van der Waals surface area contributed by atoms with E-state index < -0.39 is 0 Å². The largest absolute Gasteiger partial charge is 0.356 e. The minimum Gasteiger partial charge on any atom is -0.356 e. The van der Waals surface area contributed by atoms with Crippen molar-refractivity contribution in [2.24, 2.45) is 5.92 Å². The van der Waals surface area contributed by atoms with Crippen molar-refractivity contribution in [3.8, 4) is 0 Å². The van der Waals surface area contributed by atoms with Gasteiger partial charge in [-0.25, -0.2) is 5.48 Å². The van der Waals surface area contributed by atoms with Gasteiger partial charge in [-0.3, -0.25) is 14.8 Å². The van der Waals surface area contributed by atoms with E-state index in [1.807, 2.05) is 25.1 Å². The molecule has 2 amide bonds. The second-order valence-corrected chi connectivity index (χ2v) is 5.56. The van der Waals surface area contributed by atoms with Gasteiger partial charge in [0.1, 0.15) is 0 Å². The van der Waals surface area contributed by atoms with E-state index in [4.69, 9.17) is 5.21 Å². The van der Waals surface area contributed by atoms with Gasteiger partial charge in [0.2, 0.25) is 11.8 Å². The number of amides is 2. The highest BCUT2D eigenvalue weighted by Crippen LogP contribution is 2.10. The number of hydrogen-bond acceptors (Lipinski definition) is 3. The zero-order chi connectivity index (χ0) is 16.2. The Hall–Kier alpha value is -1.88. The lowest BCUT2D eigenvalue weighted by Crippen LogP contribution is -2.30. The highest BCUT2D eigenvalue weighted by Gasteiger charge is 2.11. The predicted octanol–water partition coefficient (Wildman–Crippen LogP) is 2.44. The molecule has 0 heterocycles. The van der Waals surface area contributed by atoms with Crippen molar-refractivity contribution >= 4 is 11.8 Å². The summed E-state index contributed by atoms with van der Waals surface area (Å²) in [6, 6.07) is 10.1. The van der Waals surface area contributed by atoms with Crippen molar-refractivity contribution < 1.29 is 14.8 Å². The number of unbranched alkanes of at least 4 members (excludes halogenated alkanes) is 2. The molecule has 0 fully saturated rings. The van der Waals surface area contributed by atoms with Crippen LogP contribution in [0.1, 0.15) is 44.6 Å². The molecule has 0 radical (unpaired) electrons. The van der Waals surface area contributed by atoms with Gasteiger partial charge in [-0.1, -0.05) is 50.1 Å². The fourth-order valence-electron chi connectivity index (χ4n) is 2.25. The maximum Gasteiger partial charge on any atom is 0.243 e. The van der Waals surface area contributed by atoms with Crippen molar-refractivity contribution in [3.63, 3.8) is 0 Å². The summed E-state index contributed by atoms with van der Waals surface area (Å²) < 4.78 is 0. The van der Waals surface area contributed by atoms with Gasteiger partial charge in [-0.05, 0) is 24.8 Å². The molecule has 22 heavy (non-hydrogen) atoms. The number of rotatable bonds is 10. The minimum absolute atomic E-state index is 0.0116. The van der Waals surface area contributed by atoms with Gasteiger partial charge in [0.05, 0.1) is 0 Å². The predicted molar refractivity (Wildman–Crippen MR) is 85.3 cm³/mol. The second kappa shape index (κ2) is 10.8. The summed E-state index contributed by atoms with van der Waals surface area (Å²) >= 11 is 0. The Kier molecular flexibility index (Phi) is 8.91. The van der Waals surface area contributed by atoms with Crippen LogP contribution in [0.4, 0.5) is 0 Å². The summed E-state index contributed by atoms with van der Waals surface area (Å²) in [5.74, 6) is -0.279. The van der Waals surface area contributed by atoms with Crippen LogP contribution in [0.15, 0.2) is 30.3 Å². The van der Waals surface area contributed by atoms with Crippen molar-refractivity contribution in [3.05, 3.63) is 35.9 Å². The molecule has 0 aromatic heterocycles. The first-order valence-electron chi connectivity index (χ1n) is 7.88. The monoisotopic (exact) mass is 306 g/mol. The third-order valence-corrected chi connectivity index (χ3v) is 3.67. The highest BCUT2D eigenvalue weighted by atomic mass is 16.5. The van der Waals surface area contributed by atoms with E-state index in [9.17, 15) is 9.59 Å². The third kappa shape index (κ3) is 7.78. The van der Waals surface area contributed by atoms with Gasteiger partial charge < -0.3 is 5.32 Å². The van der Waals surface area contributed by atoms with Gasteiger partial charge in [0, 0.05) is 18.9 Å². The Balaban J connectivity index is 2.08. The lowest BCUT2D eigenvalue weighted by atomic mass is 10.0. The Bertz CT molecular complexity index is 448. The van der Waals surface area contributed by atoms with E-state index in [-0.39, 0.29) is 17.7 Å². The summed E-state index contributed by atoms with van der Waals surface area (Å²) in [5, 5.41) is 11.3. The molecule has 0 aliphatic rings. The zero-order valence-corrected chi connectivity index (χ0v) is 13.2. The number of nitrogens with one attached hydrogen (secondary N) is 2. The molecular weight excluding hydrogens is 280 g/mol. The van der Waals surface area contributed by atoms with Gasteiger partial charge in [-0.15, -0.1) is 0 Å². The van der Waals surface area contributed by atoms with Crippen LogP contribution in [-0.4, -0.2) is 23.6 Å². The molecule has 0 bridgehead atoms. The maximum atomic E-state index is 11.9. The fraction of sp³-hybridized carbons (Fsp3) is 0.529. The van der Waals surface area contributed by atoms with E-state index in [1.54, 1.807) is 5.48 Å². The fourth-order valence-corrected chi connectivity index (χ4v) is 2.25. The van der Waals surface area contributed by atoms with E-state index in [1.165, 1.54) is 5.56 Å². The van der Waals surface area contributed by atoms with Crippen molar-refractivity contribution in [1.82, 2.24) is 10.8 Å². The molecule has 1 unspecified atom stereocenters. The number of hydrogen-bond donors (Lipinski definition) is 3. The molecule has 0 aliphatic carbocycles. The van der Waals surface area contributed by atoms with E-state index >= 15 is 0 Å². The summed E-state index contributed by atoms with van der Waals surface area (Å²) in [6.45, 7) is 2.59. The molecule has 0 saturated heterocycles. The van der Waals surface area contributed by atoms with Crippen LogP contribution in [0, 0.1) is 5.92 Å². The van der Waals surface area contributed by atoms with Crippen LogP contribution in [0.25, 0.3) is 0 Å². The first-order valence-corrected chi connectivity index (χ1v) is 7.88. The lowest BCUT2D eigenvalue weighted by Gasteiger charge is -2.12. The van der Waals surface area contributed by atoms with E-state index in [0.717, 1.165) is 32.1 Å². The van der Waals surface area contributed by atoms with Crippen LogP contribution in [0.3, 0.4) is 0 Å². The standard InChI is InChI=1S/C17H26N2O3/c1-14(8-4-2-7-11-16(20)19-22)17(21)18-13-12-15-9-5-3-6-10-15/h3,5-6,9-10,14,22H,2,4,7-8,11-13H2,1H3,(H,18,21)(H,19,20). The Morgan fingerprint density at radius 1 is 1.14 bits per heavy atom. The SMILES string of the molecule is CC(CCCCCC(=O)NO)C(=O)NCCc1ccccc1. The van der Waals surface area contributed by atoms with Crippen molar-refractivity contribution in [1.29, 1.82) is 0 Å². The molecule has 1 rings (SSSR count). The molecular formula is C17H26N2O3. The average molecular weight is 306 g/mol. The van der Waals surface area contributed by atoms with Crippen LogP contribution in [0.5, 0.6) is 0 Å². The van der Waals surface area contributed by atoms with Crippen LogP contribution in [-0.2, 0) is 16.0 Å². The topological polar surface area (TPSA) is 78.4 Å². The number of benzene rings is 1. The van der Waals surface area contributed by atoms with Gasteiger partial charge >= 0.3 is 0 Å². The molecule has 0 saturated carbocycles. The van der Waals surface area contributed by atoms with Crippen LogP contribution >= 0.6 is 0 Å². The first-order chi connectivity index (χ1) is 10.6. The van der Waals surface area contributed by atoms with E-state index in [2.05, 4.69) is 17.4 Å². The van der Waals surface area contributed by atoms with Gasteiger partial charge in [0.25, 0.3) is 0 Å². The quantitative estimate of drug-likeness (QED) is 0.353. The smallest absolute Gasteiger partial charge is 0.243 e. The number of carbonyl (C=O) groups is 2. The minimum atomic E-state index is -0.355. The highest BCUT2D eigenvalue weighted by molar-refractivity contribution is 5.78. The lowest BCUT2D eigenvalue weighted by molar-refractivity contribution is -0.129. The van der Waals surface area contributed by atoms with Crippen molar-refractivity contribution in [2.75, 3.05) is 6.54 Å². The number of carbonyl (C=O) groups excluding carboxylic acids is 2. The Morgan fingerprint density at radius 3 is 2.55 bits per heavy atom. The van der Waals surface area contributed by atoms with Crippen LogP contribution in [0.2, 0.25) is 0 Å². The summed E-state index contributed by atoms with van der Waals surface area (Å²) in [4.78, 5) is 22.8. The molecule has 1 aromatic carbocycles. The molecule has 3 N–H and O–H groups in total. The molecule has 5 heteroatoms. The molecule has 122 valence electrons. The molecule has 1 atom stereocenters. The Labute approximate surface area is 132 Å². The molecule has 0 aliphatic heterocycles. The average Bonchev–Trinajstić information content (AvgIpc) is 2.54. The molecule has 5 nitrogen and oxygen atoms in total. The summed E-state index contributed by atoms with van der Waals surface area (Å²) in [5.41, 5.74) is 2.84. The second-order valence-electron chi connectivity index (χ2n) is 5.56. The number of hydroxylamine groups is 1. The van der Waals surface area contributed by atoms with Crippen molar-refractivity contribution in [2.45, 2.75) is 45.4 Å². The Morgan fingerprint density at radius 2 is 1.86 bits per heavy atom. The van der Waals surface area contributed by atoms with Crippen LogP contribution < -0.4 is 10.8 Å². The summed E-state index contributed by atoms with van der Waals surface area (Å²) in [7, 11) is 0. The van der Waals surface area contributed by atoms with Gasteiger partial charge in [0.15, 0.2) is 0 Å². The maximum absolute atomic E-state index is 11.9. The first kappa shape index (κ1) is 18.2. The zero-order valence-electron chi connectivity index (χ0n) is 13.2. The van der Waals surface area contributed by atoms with E-state index in [0.29, 0.717) is 13.0 Å². The summed E-state index contributed by atoms with van der Waals surface area (Å²) in [6.07, 6.45) is 4.51.